The van der Waals surface area contributed by atoms with Crippen LogP contribution < -0.4 is 16.0 Å². The van der Waals surface area contributed by atoms with E-state index in [1.54, 1.807) is 7.05 Å². The fraction of sp³-hybridized carbons (Fsp3) is 0.833. The second-order valence-electron chi connectivity index (χ2n) is 4.96. The van der Waals surface area contributed by atoms with Gasteiger partial charge in [0.25, 0.3) is 0 Å². The van der Waals surface area contributed by atoms with E-state index in [2.05, 4.69) is 20.9 Å². The maximum Gasteiger partial charge on any atom is 0.238 e. The number of rotatable bonds is 5. The Bertz CT molecular complexity index is 317. The molecule has 3 N–H and O–H groups in total. The predicted octanol–water partition coefficient (Wildman–Crippen LogP) is -1.33. The average Bonchev–Trinajstić information content (AvgIpc) is 3.19. The van der Waals surface area contributed by atoms with Crippen LogP contribution in [0.15, 0.2) is 0 Å². The van der Waals surface area contributed by atoms with Crippen molar-refractivity contribution in [2.45, 2.75) is 31.3 Å². The smallest absolute Gasteiger partial charge is 0.238 e. The van der Waals surface area contributed by atoms with E-state index < -0.39 is 0 Å². The Morgan fingerprint density at radius 2 is 2.17 bits per heavy atom. The monoisotopic (exact) mass is 254 g/mol. The van der Waals surface area contributed by atoms with Gasteiger partial charge in [-0.05, 0) is 12.8 Å². The van der Waals surface area contributed by atoms with Gasteiger partial charge in [0.2, 0.25) is 11.8 Å². The molecule has 1 aliphatic carbocycles. The highest BCUT2D eigenvalue weighted by atomic mass is 16.2. The summed E-state index contributed by atoms with van der Waals surface area (Å²) in [6.07, 6.45) is 2.70. The first-order chi connectivity index (χ1) is 8.70. The van der Waals surface area contributed by atoms with Crippen molar-refractivity contribution in [1.82, 2.24) is 20.9 Å². The van der Waals surface area contributed by atoms with Crippen LogP contribution in [0.1, 0.15) is 19.3 Å². The Morgan fingerprint density at radius 3 is 2.83 bits per heavy atom. The number of piperazine rings is 1. The molecule has 0 radical (unpaired) electrons. The van der Waals surface area contributed by atoms with E-state index in [9.17, 15) is 9.59 Å². The molecule has 1 saturated heterocycles. The molecule has 2 aliphatic rings. The van der Waals surface area contributed by atoms with Crippen LogP contribution in [0.25, 0.3) is 0 Å². The highest BCUT2D eigenvalue weighted by Gasteiger charge is 2.28. The summed E-state index contributed by atoms with van der Waals surface area (Å²) in [5.74, 6) is 0.122. The van der Waals surface area contributed by atoms with E-state index in [1.807, 2.05) is 0 Å². The van der Waals surface area contributed by atoms with E-state index in [-0.39, 0.29) is 17.9 Å². The molecule has 1 heterocycles. The Morgan fingerprint density at radius 1 is 1.39 bits per heavy atom. The van der Waals surface area contributed by atoms with E-state index in [4.69, 9.17) is 0 Å². The number of carbonyl (C=O) groups excluding carboxylic acids is 2. The van der Waals surface area contributed by atoms with Crippen LogP contribution in [0.2, 0.25) is 0 Å². The van der Waals surface area contributed by atoms with Gasteiger partial charge in [-0.25, -0.2) is 0 Å². The van der Waals surface area contributed by atoms with Crippen molar-refractivity contribution < 1.29 is 9.59 Å². The molecule has 1 unspecified atom stereocenters. The first kappa shape index (κ1) is 13.3. The summed E-state index contributed by atoms with van der Waals surface area (Å²) in [6, 6.07) is 0.257. The van der Waals surface area contributed by atoms with Crippen LogP contribution in [0.3, 0.4) is 0 Å². The number of carbonyl (C=O) groups is 2. The van der Waals surface area contributed by atoms with Crippen molar-refractivity contribution in [2.75, 3.05) is 33.2 Å². The highest BCUT2D eigenvalue weighted by Crippen LogP contribution is 2.18. The molecular formula is C12H22N4O2. The fourth-order valence-corrected chi connectivity index (χ4v) is 2.21. The summed E-state index contributed by atoms with van der Waals surface area (Å²) >= 11 is 0. The van der Waals surface area contributed by atoms with Gasteiger partial charge >= 0.3 is 0 Å². The molecule has 6 nitrogen and oxygen atoms in total. The number of hydrogen-bond donors (Lipinski definition) is 3. The molecule has 6 heteroatoms. The van der Waals surface area contributed by atoms with E-state index >= 15 is 0 Å². The maximum absolute atomic E-state index is 11.7. The lowest BCUT2D eigenvalue weighted by Gasteiger charge is -2.34. The molecule has 1 saturated carbocycles. The number of amides is 2. The normalized spacial score (nSPS) is 24.6. The third-order valence-electron chi connectivity index (χ3n) is 3.47. The largest absolute Gasteiger partial charge is 0.358 e. The first-order valence-corrected chi connectivity index (χ1v) is 6.66. The summed E-state index contributed by atoms with van der Waals surface area (Å²) in [6.45, 7) is 2.99. The third kappa shape index (κ3) is 3.68. The molecular weight excluding hydrogens is 232 g/mol. The molecule has 2 amide bonds. The Balaban J connectivity index is 1.77. The van der Waals surface area contributed by atoms with Gasteiger partial charge in [0.1, 0.15) is 6.04 Å². The average molecular weight is 254 g/mol. The molecule has 0 aromatic carbocycles. The van der Waals surface area contributed by atoms with Gasteiger partial charge in [0.05, 0.1) is 0 Å². The van der Waals surface area contributed by atoms with Crippen molar-refractivity contribution in [1.29, 1.82) is 0 Å². The molecule has 0 spiro atoms. The van der Waals surface area contributed by atoms with Crippen LogP contribution >= 0.6 is 0 Å². The zero-order chi connectivity index (χ0) is 13.0. The summed E-state index contributed by atoms with van der Waals surface area (Å²) in [7, 11) is 1.65. The Hall–Kier alpha value is -1.14. The summed E-state index contributed by atoms with van der Waals surface area (Å²) < 4.78 is 0. The van der Waals surface area contributed by atoms with Crippen LogP contribution in [-0.2, 0) is 9.59 Å². The van der Waals surface area contributed by atoms with Gasteiger partial charge in [-0.15, -0.1) is 0 Å². The van der Waals surface area contributed by atoms with E-state index in [0.717, 1.165) is 25.9 Å². The topological polar surface area (TPSA) is 73.5 Å². The molecule has 1 aliphatic heterocycles. The van der Waals surface area contributed by atoms with Gasteiger partial charge < -0.3 is 16.0 Å². The van der Waals surface area contributed by atoms with Gasteiger partial charge in [0.15, 0.2) is 0 Å². The first-order valence-electron chi connectivity index (χ1n) is 6.66. The number of nitrogens with one attached hydrogen (secondary N) is 3. The second-order valence-corrected chi connectivity index (χ2v) is 4.96. The van der Waals surface area contributed by atoms with E-state index in [1.165, 1.54) is 0 Å². The second kappa shape index (κ2) is 6.15. The lowest BCUT2D eigenvalue weighted by molar-refractivity contribution is -0.128. The van der Waals surface area contributed by atoms with Crippen molar-refractivity contribution in [3.05, 3.63) is 0 Å². The van der Waals surface area contributed by atoms with Gasteiger partial charge in [0, 0.05) is 45.7 Å². The number of likely N-dealkylation sites (N-methyl/N-ethyl adjacent to an activating group) is 1. The zero-order valence-corrected chi connectivity index (χ0v) is 10.9. The minimum absolute atomic E-state index is 0.0183. The van der Waals surface area contributed by atoms with E-state index in [0.29, 0.717) is 25.6 Å². The molecule has 102 valence electrons. The van der Waals surface area contributed by atoms with Crippen LogP contribution in [-0.4, -0.2) is 62.0 Å². The molecule has 1 atom stereocenters. The number of hydrogen-bond acceptors (Lipinski definition) is 4. The Kier molecular flexibility index (Phi) is 4.54. The SMILES string of the molecule is CNC(=O)C1CNCCN1CCC(=O)NC1CC1. The molecule has 0 bridgehead atoms. The lowest BCUT2D eigenvalue weighted by Crippen LogP contribution is -2.57. The van der Waals surface area contributed by atoms with Crippen molar-refractivity contribution in [2.24, 2.45) is 0 Å². The lowest BCUT2D eigenvalue weighted by atomic mass is 10.1. The fourth-order valence-electron chi connectivity index (χ4n) is 2.21. The predicted molar refractivity (Wildman–Crippen MR) is 68.1 cm³/mol. The summed E-state index contributed by atoms with van der Waals surface area (Å²) in [5, 5.41) is 8.85. The van der Waals surface area contributed by atoms with Crippen LogP contribution in [0.4, 0.5) is 0 Å². The van der Waals surface area contributed by atoms with Crippen LogP contribution in [0.5, 0.6) is 0 Å². The zero-order valence-electron chi connectivity index (χ0n) is 10.9. The standard InChI is InChI=1S/C12H22N4O2/c1-13-12(18)10-8-14-5-7-16(10)6-4-11(17)15-9-2-3-9/h9-10,14H,2-8H2,1H3,(H,13,18)(H,15,17). The summed E-state index contributed by atoms with van der Waals surface area (Å²) in [4.78, 5) is 25.4. The summed E-state index contributed by atoms with van der Waals surface area (Å²) in [5.41, 5.74) is 0. The Labute approximate surface area is 107 Å². The quantitative estimate of drug-likeness (QED) is 0.569. The minimum atomic E-state index is -0.155. The number of nitrogens with zero attached hydrogens (tertiary/aromatic N) is 1. The molecule has 2 rings (SSSR count). The van der Waals surface area contributed by atoms with Gasteiger partial charge in [-0.3, -0.25) is 14.5 Å². The van der Waals surface area contributed by atoms with Crippen molar-refractivity contribution in [3.8, 4) is 0 Å². The minimum Gasteiger partial charge on any atom is -0.358 e. The molecule has 0 aromatic rings. The molecule has 0 aromatic heterocycles. The van der Waals surface area contributed by atoms with Crippen molar-refractivity contribution >= 4 is 11.8 Å². The molecule has 2 fully saturated rings. The highest BCUT2D eigenvalue weighted by molar-refractivity contribution is 5.82. The van der Waals surface area contributed by atoms with Gasteiger partial charge in [-0.2, -0.15) is 0 Å². The molecule has 18 heavy (non-hydrogen) atoms. The van der Waals surface area contributed by atoms with Crippen molar-refractivity contribution in [3.63, 3.8) is 0 Å². The van der Waals surface area contributed by atoms with Gasteiger partial charge in [-0.1, -0.05) is 0 Å². The maximum atomic E-state index is 11.7. The van der Waals surface area contributed by atoms with Crippen LogP contribution in [0, 0.1) is 0 Å². The third-order valence-corrected chi connectivity index (χ3v) is 3.47.